The second-order valence-corrected chi connectivity index (χ2v) is 7.22. The maximum absolute atomic E-state index is 12.1. The fourth-order valence-corrected chi connectivity index (χ4v) is 3.13. The van der Waals surface area contributed by atoms with Crippen LogP contribution in [0.5, 0.6) is 0 Å². The van der Waals surface area contributed by atoms with Crippen molar-refractivity contribution >= 4 is 12.1 Å². The number of guanidine groups is 1. The Morgan fingerprint density at radius 2 is 1.81 bits per heavy atom. The summed E-state index contributed by atoms with van der Waals surface area (Å²) in [5.41, 5.74) is 1.62. The van der Waals surface area contributed by atoms with Gasteiger partial charge >= 0.3 is 12.3 Å². The third kappa shape index (κ3) is 9.46. The van der Waals surface area contributed by atoms with E-state index in [4.69, 9.17) is 4.74 Å². The van der Waals surface area contributed by atoms with Crippen LogP contribution < -0.4 is 10.6 Å². The molecule has 10 heteroatoms. The summed E-state index contributed by atoms with van der Waals surface area (Å²) in [6, 6.07) is 7.35. The van der Waals surface area contributed by atoms with Gasteiger partial charge in [-0.05, 0) is 37.8 Å². The predicted molar refractivity (Wildman–Crippen MR) is 112 cm³/mol. The fraction of sp³-hybridized carbons (Fsp3) is 0.619. The third-order valence-corrected chi connectivity index (χ3v) is 4.68. The van der Waals surface area contributed by atoms with Crippen LogP contribution in [0, 0.1) is 0 Å². The van der Waals surface area contributed by atoms with Gasteiger partial charge in [-0.25, -0.2) is 9.79 Å². The number of nitrogens with one attached hydrogen (secondary N) is 2. The highest BCUT2D eigenvalue weighted by Crippen LogP contribution is 2.16. The lowest BCUT2D eigenvalue weighted by atomic mass is 10.1. The standard InChI is InChI=1S/C21H31F3N4O3/c1-3-25-19(27-18-9-11-28(12-10-18)20(29)31-4-2)26-13-16-5-7-17(8-6-16)14-30-15-21(22,23)24/h5-8,18H,3-4,9-15H2,1-2H3,(H2,25,26,27). The van der Waals surface area contributed by atoms with Gasteiger partial charge in [0.05, 0.1) is 19.8 Å². The summed E-state index contributed by atoms with van der Waals surface area (Å²) in [7, 11) is 0. The van der Waals surface area contributed by atoms with Gasteiger partial charge in [0.1, 0.15) is 6.61 Å². The number of ether oxygens (including phenoxy) is 2. The largest absolute Gasteiger partial charge is 0.450 e. The number of benzene rings is 1. The molecule has 1 aromatic carbocycles. The molecule has 0 aliphatic carbocycles. The van der Waals surface area contributed by atoms with Crippen molar-refractivity contribution < 1.29 is 27.4 Å². The molecule has 0 aromatic heterocycles. The number of nitrogens with zero attached hydrogens (tertiary/aromatic N) is 2. The highest BCUT2D eigenvalue weighted by atomic mass is 19.4. The zero-order valence-electron chi connectivity index (χ0n) is 18.0. The van der Waals surface area contributed by atoms with Gasteiger partial charge in [-0.3, -0.25) is 0 Å². The lowest BCUT2D eigenvalue weighted by Crippen LogP contribution is -2.49. The molecule has 0 radical (unpaired) electrons. The van der Waals surface area contributed by atoms with Gasteiger partial charge < -0.3 is 25.0 Å². The Bertz CT molecular complexity index is 703. The monoisotopic (exact) mass is 444 g/mol. The van der Waals surface area contributed by atoms with Crippen molar-refractivity contribution in [1.29, 1.82) is 0 Å². The highest BCUT2D eigenvalue weighted by Gasteiger charge is 2.27. The van der Waals surface area contributed by atoms with E-state index in [1.165, 1.54) is 0 Å². The fourth-order valence-electron chi connectivity index (χ4n) is 3.13. The molecule has 1 aliphatic heterocycles. The average Bonchev–Trinajstić information content (AvgIpc) is 2.73. The van der Waals surface area contributed by atoms with E-state index in [-0.39, 0.29) is 18.7 Å². The number of carbonyl (C=O) groups excluding carboxylic acids is 1. The Hall–Kier alpha value is -2.49. The average molecular weight is 444 g/mol. The van der Waals surface area contributed by atoms with Gasteiger partial charge in [0, 0.05) is 25.7 Å². The molecule has 1 aliphatic rings. The van der Waals surface area contributed by atoms with Crippen molar-refractivity contribution in [3.05, 3.63) is 35.4 Å². The van der Waals surface area contributed by atoms with Crippen molar-refractivity contribution in [2.45, 2.75) is 52.1 Å². The van der Waals surface area contributed by atoms with Crippen LogP contribution in [-0.2, 0) is 22.6 Å². The molecule has 1 aromatic rings. The Balaban J connectivity index is 1.82. The topological polar surface area (TPSA) is 75.2 Å². The van der Waals surface area contributed by atoms with Crippen molar-refractivity contribution in [1.82, 2.24) is 15.5 Å². The van der Waals surface area contributed by atoms with Crippen molar-refractivity contribution in [3.63, 3.8) is 0 Å². The number of rotatable bonds is 8. The molecule has 2 rings (SSSR count). The van der Waals surface area contributed by atoms with E-state index in [0.29, 0.717) is 44.3 Å². The first-order valence-electron chi connectivity index (χ1n) is 10.5. The van der Waals surface area contributed by atoms with Crippen LogP contribution >= 0.6 is 0 Å². The predicted octanol–water partition coefficient (Wildman–Crippen LogP) is 3.44. The summed E-state index contributed by atoms with van der Waals surface area (Å²) >= 11 is 0. The summed E-state index contributed by atoms with van der Waals surface area (Å²) in [6.07, 6.45) is -2.99. The molecule has 2 N–H and O–H groups in total. The SMILES string of the molecule is CCNC(=NCc1ccc(COCC(F)(F)F)cc1)NC1CCN(C(=O)OCC)CC1. The lowest BCUT2D eigenvalue weighted by molar-refractivity contribution is -0.176. The van der Waals surface area contributed by atoms with Gasteiger partial charge in [0.2, 0.25) is 0 Å². The number of alkyl halides is 3. The number of likely N-dealkylation sites (tertiary alicyclic amines) is 1. The van der Waals surface area contributed by atoms with Crippen LogP contribution in [0.4, 0.5) is 18.0 Å². The second kappa shape index (κ2) is 12.4. The number of halogens is 3. The summed E-state index contributed by atoms with van der Waals surface area (Å²) in [4.78, 5) is 18.1. The first kappa shape index (κ1) is 24.8. The Labute approximate surface area is 181 Å². The van der Waals surface area contributed by atoms with Crippen LogP contribution in [0.25, 0.3) is 0 Å². The van der Waals surface area contributed by atoms with E-state index >= 15 is 0 Å². The summed E-state index contributed by atoms with van der Waals surface area (Å²) in [5.74, 6) is 0.690. The van der Waals surface area contributed by atoms with Gasteiger partial charge in [-0.15, -0.1) is 0 Å². The second-order valence-electron chi connectivity index (χ2n) is 7.22. The number of amides is 1. The molecular weight excluding hydrogens is 413 g/mol. The molecule has 0 atom stereocenters. The molecule has 0 saturated carbocycles. The van der Waals surface area contributed by atoms with Crippen LogP contribution in [0.1, 0.15) is 37.8 Å². The van der Waals surface area contributed by atoms with Crippen molar-refractivity contribution in [3.8, 4) is 0 Å². The Kier molecular flexibility index (Phi) is 9.90. The van der Waals surface area contributed by atoms with Gasteiger partial charge in [0.15, 0.2) is 5.96 Å². The van der Waals surface area contributed by atoms with Crippen molar-refractivity contribution in [2.75, 3.05) is 32.8 Å². The van der Waals surface area contributed by atoms with E-state index in [1.54, 1.807) is 24.0 Å². The van der Waals surface area contributed by atoms with Crippen LogP contribution in [0.3, 0.4) is 0 Å². The van der Waals surface area contributed by atoms with Crippen LogP contribution in [0.2, 0.25) is 0 Å². The molecule has 0 spiro atoms. The molecule has 31 heavy (non-hydrogen) atoms. The first-order valence-corrected chi connectivity index (χ1v) is 10.5. The van der Waals surface area contributed by atoms with Gasteiger partial charge in [-0.2, -0.15) is 13.2 Å². The number of carbonyl (C=O) groups is 1. The number of aliphatic imine (C=N–C) groups is 1. The number of hydrogen-bond acceptors (Lipinski definition) is 4. The minimum atomic E-state index is -4.32. The van der Waals surface area contributed by atoms with Crippen molar-refractivity contribution in [2.24, 2.45) is 4.99 Å². The van der Waals surface area contributed by atoms with Crippen LogP contribution in [-0.4, -0.2) is 62.0 Å². The quantitative estimate of drug-likeness (QED) is 0.475. The van der Waals surface area contributed by atoms with E-state index in [2.05, 4.69) is 20.4 Å². The summed E-state index contributed by atoms with van der Waals surface area (Å²) in [5, 5.41) is 6.62. The molecule has 0 unspecified atom stereocenters. The van der Waals surface area contributed by atoms with E-state index < -0.39 is 12.8 Å². The van der Waals surface area contributed by atoms with E-state index in [1.807, 2.05) is 19.1 Å². The summed E-state index contributed by atoms with van der Waals surface area (Å²) < 4.78 is 46.1. The molecule has 1 fully saturated rings. The van der Waals surface area contributed by atoms with Gasteiger partial charge in [-0.1, -0.05) is 24.3 Å². The first-order chi connectivity index (χ1) is 14.8. The molecule has 7 nitrogen and oxygen atoms in total. The Morgan fingerprint density at radius 1 is 1.16 bits per heavy atom. The highest BCUT2D eigenvalue weighted by molar-refractivity contribution is 5.80. The van der Waals surface area contributed by atoms with Gasteiger partial charge in [0.25, 0.3) is 0 Å². The zero-order chi connectivity index (χ0) is 22.7. The third-order valence-electron chi connectivity index (χ3n) is 4.68. The van der Waals surface area contributed by atoms with Crippen LogP contribution in [0.15, 0.2) is 29.3 Å². The molecule has 1 heterocycles. The number of hydrogen-bond donors (Lipinski definition) is 2. The maximum atomic E-state index is 12.1. The maximum Gasteiger partial charge on any atom is 0.411 e. The minimum Gasteiger partial charge on any atom is -0.450 e. The smallest absolute Gasteiger partial charge is 0.411 e. The molecule has 0 bridgehead atoms. The van der Waals surface area contributed by atoms with E-state index in [0.717, 1.165) is 18.4 Å². The molecular formula is C21H31F3N4O3. The molecule has 1 saturated heterocycles. The number of piperidine rings is 1. The minimum absolute atomic E-state index is 0.0856. The Morgan fingerprint density at radius 3 is 2.39 bits per heavy atom. The zero-order valence-corrected chi connectivity index (χ0v) is 18.0. The summed E-state index contributed by atoms with van der Waals surface area (Å²) in [6.45, 7) is 5.21. The van der Waals surface area contributed by atoms with E-state index in [9.17, 15) is 18.0 Å². The molecule has 174 valence electrons. The molecule has 1 amide bonds. The normalized spacial score (nSPS) is 15.6. The lowest BCUT2D eigenvalue weighted by Gasteiger charge is -2.32.